The zero-order valence-electron chi connectivity index (χ0n) is 17.2. The van der Waals surface area contributed by atoms with Crippen molar-refractivity contribution in [3.8, 4) is 17.4 Å². The molecule has 1 saturated carbocycles. The van der Waals surface area contributed by atoms with Crippen molar-refractivity contribution in [2.24, 2.45) is 0 Å². The minimum absolute atomic E-state index is 0.0327. The minimum atomic E-state index is -0.0327. The van der Waals surface area contributed by atoms with E-state index in [2.05, 4.69) is 20.1 Å². The molecule has 0 atom stereocenters. The number of nitrogens with zero attached hydrogens (tertiary/aromatic N) is 6. The van der Waals surface area contributed by atoms with Crippen molar-refractivity contribution in [2.45, 2.75) is 32.2 Å². The molecule has 31 heavy (non-hydrogen) atoms. The van der Waals surface area contributed by atoms with Crippen LogP contribution in [0.25, 0.3) is 17.4 Å². The van der Waals surface area contributed by atoms with E-state index in [1.807, 2.05) is 36.1 Å². The lowest BCUT2D eigenvalue weighted by molar-refractivity contribution is 0.0751. The summed E-state index contributed by atoms with van der Waals surface area (Å²) in [4.78, 5) is 28.3. The highest BCUT2D eigenvalue weighted by atomic mass is 16.3. The monoisotopic (exact) mass is 414 g/mol. The van der Waals surface area contributed by atoms with Crippen LogP contribution in [0.2, 0.25) is 0 Å². The van der Waals surface area contributed by atoms with Gasteiger partial charge in [0.1, 0.15) is 5.69 Å². The van der Waals surface area contributed by atoms with E-state index in [1.165, 1.54) is 0 Å². The molecular formula is C23H22N6O2. The second-order valence-corrected chi connectivity index (χ2v) is 7.52. The average molecular weight is 414 g/mol. The predicted octanol–water partition coefficient (Wildman–Crippen LogP) is 3.86. The molecule has 0 aromatic carbocycles. The molecule has 0 saturated heterocycles. The third-order valence-corrected chi connectivity index (χ3v) is 5.40. The van der Waals surface area contributed by atoms with E-state index in [9.17, 15) is 4.79 Å². The Morgan fingerprint density at radius 3 is 2.74 bits per heavy atom. The maximum Gasteiger partial charge on any atom is 0.257 e. The first kappa shape index (κ1) is 19.2. The summed E-state index contributed by atoms with van der Waals surface area (Å²) in [5.74, 6) is 1.35. The van der Waals surface area contributed by atoms with Gasteiger partial charge in [-0.05, 0) is 55.7 Å². The van der Waals surface area contributed by atoms with Gasteiger partial charge in [0, 0.05) is 37.6 Å². The predicted molar refractivity (Wildman–Crippen MR) is 113 cm³/mol. The van der Waals surface area contributed by atoms with E-state index in [4.69, 9.17) is 4.42 Å². The molecule has 0 aliphatic heterocycles. The smallest absolute Gasteiger partial charge is 0.257 e. The van der Waals surface area contributed by atoms with E-state index in [0.29, 0.717) is 36.1 Å². The highest BCUT2D eigenvalue weighted by Gasteiger charge is 2.34. The summed E-state index contributed by atoms with van der Waals surface area (Å²) in [7, 11) is 0. The Kier molecular flexibility index (Phi) is 5.03. The zero-order chi connectivity index (χ0) is 21.2. The molecule has 156 valence electrons. The van der Waals surface area contributed by atoms with Crippen LogP contribution in [0, 0.1) is 0 Å². The SMILES string of the molecule is CCN(Cc1ccncc1)C(=O)c1cnn(-c2nccc(-c3ccco3)n2)c1C1CC1. The molecule has 0 N–H and O–H groups in total. The summed E-state index contributed by atoms with van der Waals surface area (Å²) in [5, 5.41) is 4.52. The summed E-state index contributed by atoms with van der Waals surface area (Å²) in [5.41, 5.74) is 3.22. The Balaban J connectivity index is 1.49. The van der Waals surface area contributed by atoms with Crippen molar-refractivity contribution in [2.75, 3.05) is 6.54 Å². The van der Waals surface area contributed by atoms with Gasteiger partial charge >= 0.3 is 0 Å². The van der Waals surface area contributed by atoms with Crippen LogP contribution in [0.4, 0.5) is 0 Å². The third kappa shape index (κ3) is 3.84. The molecule has 8 heteroatoms. The lowest BCUT2D eigenvalue weighted by Gasteiger charge is -2.21. The van der Waals surface area contributed by atoms with Crippen molar-refractivity contribution < 1.29 is 9.21 Å². The molecule has 0 radical (unpaired) electrons. The van der Waals surface area contributed by atoms with Gasteiger partial charge in [0.2, 0.25) is 0 Å². The number of rotatable bonds is 7. The van der Waals surface area contributed by atoms with Crippen LogP contribution < -0.4 is 0 Å². The standard InChI is InChI=1S/C23H22N6O2/c1-2-28(15-16-7-10-24-11-8-16)22(30)18-14-26-29(21(18)17-5-6-17)23-25-12-9-19(27-23)20-4-3-13-31-20/h3-4,7-14,17H,2,5-6,15H2,1H3. The van der Waals surface area contributed by atoms with Gasteiger partial charge in [0.05, 0.1) is 23.7 Å². The Morgan fingerprint density at radius 1 is 1.19 bits per heavy atom. The van der Waals surface area contributed by atoms with Crippen LogP contribution in [0.15, 0.2) is 65.8 Å². The van der Waals surface area contributed by atoms with Crippen LogP contribution in [0.3, 0.4) is 0 Å². The van der Waals surface area contributed by atoms with Crippen molar-refractivity contribution in [1.29, 1.82) is 0 Å². The van der Waals surface area contributed by atoms with Gasteiger partial charge in [0.25, 0.3) is 11.9 Å². The zero-order valence-corrected chi connectivity index (χ0v) is 17.2. The van der Waals surface area contributed by atoms with Crippen molar-refractivity contribution >= 4 is 5.91 Å². The maximum absolute atomic E-state index is 13.4. The second kappa shape index (κ2) is 8.14. The Morgan fingerprint density at radius 2 is 2.03 bits per heavy atom. The van der Waals surface area contributed by atoms with E-state index >= 15 is 0 Å². The summed E-state index contributed by atoms with van der Waals surface area (Å²) >= 11 is 0. The van der Waals surface area contributed by atoms with Gasteiger partial charge in [-0.3, -0.25) is 9.78 Å². The van der Waals surface area contributed by atoms with Crippen LogP contribution in [-0.2, 0) is 6.54 Å². The Labute approximate surface area is 179 Å². The Hall–Kier alpha value is -3.81. The number of hydrogen-bond donors (Lipinski definition) is 0. The molecule has 1 aliphatic rings. The fourth-order valence-electron chi connectivity index (χ4n) is 3.65. The van der Waals surface area contributed by atoms with Crippen LogP contribution in [-0.4, -0.2) is 42.1 Å². The summed E-state index contributed by atoms with van der Waals surface area (Å²) < 4.78 is 7.17. The number of aromatic nitrogens is 5. The quantitative estimate of drug-likeness (QED) is 0.456. The van der Waals surface area contributed by atoms with Gasteiger partial charge in [-0.25, -0.2) is 14.6 Å². The highest BCUT2D eigenvalue weighted by molar-refractivity contribution is 5.95. The molecule has 0 bridgehead atoms. The van der Waals surface area contributed by atoms with Crippen molar-refractivity contribution in [3.05, 3.63) is 78.2 Å². The number of pyridine rings is 1. The largest absolute Gasteiger partial charge is 0.463 e. The first-order chi connectivity index (χ1) is 15.2. The maximum atomic E-state index is 13.4. The van der Waals surface area contributed by atoms with Crippen molar-refractivity contribution in [3.63, 3.8) is 0 Å². The first-order valence-electron chi connectivity index (χ1n) is 10.4. The molecule has 5 rings (SSSR count). The molecule has 1 amide bonds. The normalized spacial score (nSPS) is 13.3. The molecule has 4 aromatic rings. The highest BCUT2D eigenvalue weighted by Crippen LogP contribution is 2.42. The fourth-order valence-corrected chi connectivity index (χ4v) is 3.65. The van der Waals surface area contributed by atoms with Gasteiger partial charge in [0.15, 0.2) is 5.76 Å². The average Bonchev–Trinajstić information content (AvgIpc) is 3.32. The van der Waals surface area contributed by atoms with E-state index in [1.54, 1.807) is 41.8 Å². The topological polar surface area (TPSA) is 89.9 Å². The number of carbonyl (C=O) groups is 1. The van der Waals surface area contributed by atoms with E-state index in [0.717, 1.165) is 24.1 Å². The molecule has 1 fully saturated rings. The number of furan rings is 1. The molecule has 0 spiro atoms. The Bertz CT molecular complexity index is 1180. The lowest BCUT2D eigenvalue weighted by Crippen LogP contribution is -2.31. The van der Waals surface area contributed by atoms with Gasteiger partial charge in [-0.15, -0.1) is 0 Å². The van der Waals surface area contributed by atoms with Gasteiger partial charge in [-0.2, -0.15) is 5.10 Å². The molecule has 4 heterocycles. The molecule has 0 unspecified atom stereocenters. The molecule has 4 aromatic heterocycles. The lowest BCUT2D eigenvalue weighted by atomic mass is 10.1. The van der Waals surface area contributed by atoms with Crippen molar-refractivity contribution in [1.82, 2.24) is 29.6 Å². The summed E-state index contributed by atoms with van der Waals surface area (Å²) in [6, 6.07) is 9.32. The van der Waals surface area contributed by atoms with Gasteiger partial charge < -0.3 is 9.32 Å². The van der Waals surface area contributed by atoms with Gasteiger partial charge in [-0.1, -0.05) is 0 Å². The summed E-state index contributed by atoms with van der Waals surface area (Å²) in [6.45, 7) is 3.11. The molecular weight excluding hydrogens is 392 g/mol. The number of carbonyl (C=O) groups excluding carboxylic acids is 1. The van der Waals surface area contributed by atoms with E-state index < -0.39 is 0 Å². The van der Waals surface area contributed by atoms with Crippen LogP contribution in [0.1, 0.15) is 47.3 Å². The number of hydrogen-bond acceptors (Lipinski definition) is 6. The minimum Gasteiger partial charge on any atom is -0.463 e. The first-order valence-corrected chi connectivity index (χ1v) is 10.4. The fraction of sp³-hybridized carbons (Fsp3) is 0.261. The van der Waals surface area contributed by atoms with Crippen LogP contribution in [0.5, 0.6) is 0 Å². The van der Waals surface area contributed by atoms with Crippen LogP contribution >= 0.6 is 0 Å². The third-order valence-electron chi connectivity index (χ3n) is 5.40. The summed E-state index contributed by atoms with van der Waals surface area (Å²) in [6.07, 6.45) is 10.5. The second-order valence-electron chi connectivity index (χ2n) is 7.52. The van der Waals surface area contributed by atoms with E-state index in [-0.39, 0.29) is 11.8 Å². The molecule has 8 nitrogen and oxygen atoms in total. The number of amides is 1. The molecule has 1 aliphatic carbocycles.